The van der Waals surface area contributed by atoms with Crippen molar-refractivity contribution >= 4 is 11.7 Å². The number of methoxy groups -OCH3 is 1. The third-order valence-electron chi connectivity index (χ3n) is 5.57. The Labute approximate surface area is 188 Å². The standard InChI is InChI=1S/C24H21N3O6/c1-14-11-18-20(23(28)26(14)13-15-7-4-3-5-8-15)19(21(22(25)33-18)24(29)32-2)16-9-6-10-17(12-16)27(30)31/h3-12,19H,13,25H2,1-2H3/t19-/m0/s1. The molecule has 168 valence electrons. The summed E-state index contributed by atoms with van der Waals surface area (Å²) in [5.41, 5.74) is 7.47. The minimum atomic E-state index is -1.00. The first-order valence-corrected chi connectivity index (χ1v) is 10.1. The number of esters is 1. The maximum absolute atomic E-state index is 13.7. The number of benzene rings is 2. The van der Waals surface area contributed by atoms with Gasteiger partial charge in [-0.15, -0.1) is 0 Å². The van der Waals surface area contributed by atoms with Crippen LogP contribution < -0.4 is 16.0 Å². The lowest BCUT2D eigenvalue weighted by Gasteiger charge is -2.29. The van der Waals surface area contributed by atoms with Crippen LogP contribution in [-0.4, -0.2) is 22.6 Å². The fourth-order valence-corrected chi connectivity index (χ4v) is 4.01. The van der Waals surface area contributed by atoms with Crippen LogP contribution in [0.5, 0.6) is 5.75 Å². The Morgan fingerprint density at radius 3 is 2.58 bits per heavy atom. The molecule has 1 aliphatic rings. The Morgan fingerprint density at radius 1 is 1.18 bits per heavy atom. The van der Waals surface area contributed by atoms with Crippen LogP contribution in [0.15, 0.2) is 76.9 Å². The fraction of sp³-hybridized carbons (Fsp3) is 0.167. The number of hydrogen-bond donors (Lipinski definition) is 1. The lowest BCUT2D eigenvalue weighted by molar-refractivity contribution is -0.384. The normalized spacial score (nSPS) is 14.9. The summed E-state index contributed by atoms with van der Waals surface area (Å²) in [4.78, 5) is 37.2. The van der Waals surface area contributed by atoms with Crippen LogP contribution in [0.2, 0.25) is 0 Å². The molecule has 2 heterocycles. The number of hydrogen-bond acceptors (Lipinski definition) is 7. The van der Waals surface area contributed by atoms with Crippen LogP contribution in [-0.2, 0) is 16.1 Å². The van der Waals surface area contributed by atoms with E-state index in [1.54, 1.807) is 23.6 Å². The van der Waals surface area contributed by atoms with E-state index in [4.69, 9.17) is 15.2 Å². The molecule has 33 heavy (non-hydrogen) atoms. The molecule has 0 bridgehead atoms. The summed E-state index contributed by atoms with van der Waals surface area (Å²) in [5.74, 6) is -1.81. The first kappa shape index (κ1) is 21.8. The van der Waals surface area contributed by atoms with Crippen LogP contribution in [0.1, 0.15) is 28.3 Å². The predicted molar refractivity (Wildman–Crippen MR) is 120 cm³/mol. The van der Waals surface area contributed by atoms with E-state index in [0.717, 1.165) is 5.56 Å². The zero-order chi connectivity index (χ0) is 23.7. The number of nitrogens with two attached hydrogens (primary N) is 1. The van der Waals surface area contributed by atoms with Gasteiger partial charge in [0.1, 0.15) is 11.3 Å². The molecular weight excluding hydrogens is 426 g/mol. The molecule has 0 saturated carbocycles. The number of rotatable bonds is 5. The molecule has 0 radical (unpaired) electrons. The number of nitrogens with zero attached hydrogens (tertiary/aromatic N) is 2. The minimum absolute atomic E-state index is 0.0855. The molecule has 3 aromatic rings. The van der Waals surface area contributed by atoms with Gasteiger partial charge in [-0.1, -0.05) is 42.5 Å². The lowest BCUT2D eigenvalue weighted by Crippen LogP contribution is -2.35. The molecule has 9 heteroatoms. The number of nitro groups is 1. The summed E-state index contributed by atoms with van der Waals surface area (Å²) < 4.78 is 12.1. The number of carbonyl (C=O) groups excluding carboxylic acids is 1. The number of pyridine rings is 1. The molecule has 1 atom stereocenters. The average molecular weight is 447 g/mol. The van der Waals surface area contributed by atoms with Crippen molar-refractivity contribution in [2.45, 2.75) is 19.4 Å². The molecule has 1 aromatic heterocycles. The Bertz CT molecular complexity index is 1340. The SMILES string of the molecule is COC(=O)C1=C(N)Oc2cc(C)n(Cc3ccccc3)c(=O)c2[C@@H]1c1cccc([N+](=O)[O-])c1. The van der Waals surface area contributed by atoms with Crippen molar-refractivity contribution in [3.05, 3.63) is 115 Å². The van der Waals surface area contributed by atoms with Crippen LogP contribution in [0, 0.1) is 17.0 Å². The lowest BCUT2D eigenvalue weighted by atomic mass is 9.83. The number of fused-ring (bicyclic) bond motifs is 1. The van der Waals surface area contributed by atoms with Crippen molar-refractivity contribution in [3.63, 3.8) is 0 Å². The zero-order valence-electron chi connectivity index (χ0n) is 18.0. The first-order valence-electron chi connectivity index (χ1n) is 10.1. The van der Waals surface area contributed by atoms with Gasteiger partial charge in [0, 0.05) is 23.9 Å². The van der Waals surface area contributed by atoms with Gasteiger partial charge in [-0.2, -0.15) is 0 Å². The molecule has 2 aromatic carbocycles. The van der Waals surface area contributed by atoms with Gasteiger partial charge in [0.15, 0.2) is 0 Å². The maximum Gasteiger partial charge on any atom is 0.340 e. The Morgan fingerprint density at radius 2 is 1.91 bits per heavy atom. The second-order valence-electron chi connectivity index (χ2n) is 7.60. The molecular formula is C24H21N3O6. The number of carbonyl (C=O) groups is 1. The van der Waals surface area contributed by atoms with E-state index < -0.39 is 16.8 Å². The van der Waals surface area contributed by atoms with Crippen molar-refractivity contribution < 1.29 is 19.2 Å². The predicted octanol–water partition coefficient (Wildman–Crippen LogP) is 2.98. The molecule has 2 N–H and O–H groups in total. The summed E-state index contributed by atoms with van der Waals surface area (Å²) in [7, 11) is 1.19. The average Bonchev–Trinajstić information content (AvgIpc) is 2.81. The number of ether oxygens (including phenoxy) is 2. The van der Waals surface area contributed by atoms with Crippen molar-refractivity contribution in [1.82, 2.24) is 4.57 Å². The highest BCUT2D eigenvalue weighted by molar-refractivity contribution is 5.92. The summed E-state index contributed by atoms with van der Waals surface area (Å²) >= 11 is 0. The number of non-ortho nitro benzene ring substituents is 1. The highest BCUT2D eigenvalue weighted by Gasteiger charge is 2.38. The van der Waals surface area contributed by atoms with Crippen LogP contribution >= 0.6 is 0 Å². The number of aryl methyl sites for hydroxylation is 1. The fourth-order valence-electron chi connectivity index (χ4n) is 4.01. The van der Waals surface area contributed by atoms with Crippen molar-refractivity contribution in [1.29, 1.82) is 0 Å². The molecule has 4 rings (SSSR count). The minimum Gasteiger partial charge on any atom is -0.465 e. The van der Waals surface area contributed by atoms with E-state index in [-0.39, 0.29) is 34.0 Å². The van der Waals surface area contributed by atoms with Crippen LogP contribution in [0.4, 0.5) is 5.69 Å². The molecule has 9 nitrogen and oxygen atoms in total. The van der Waals surface area contributed by atoms with Gasteiger partial charge in [0.2, 0.25) is 5.88 Å². The van der Waals surface area contributed by atoms with Crippen molar-refractivity contribution in [2.24, 2.45) is 5.73 Å². The van der Waals surface area contributed by atoms with E-state index >= 15 is 0 Å². The van der Waals surface area contributed by atoms with Gasteiger partial charge >= 0.3 is 5.97 Å². The largest absolute Gasteiger partial charge is 0.465 e. The van der Waals surface area contributed by atoms with Gasteiger partial charge < -0.3 is 19.8 Å². The van der Waals surface area contributed by atoms with Gasteiger partial charge in [-0.25, -0.2) is 4.79 Å². The molecule has 0 unspecified atom stereocenters. The monoisotopic (exact) mass is 447 g/mol. The molecule has 0 amide bonds. The smallest absolute Gasteiger partial charge is 0.340 e. The summed E-state index contributed by atoms with van der Waals surface area (Å²) in [6.45, 7) is 2.07. The third-order valence-corrected chi connectivity index (χ3v) is 5.57. The Kier molecular flexibility index (Phi) is 5.70. The molecule has 0 fully saturated rings. The summed E-state index contributed by atoms with van der Waals surface area (Å²) in [6.07, 6.45) is 0. The van der Waals surface area contributed by atoms with Gasteiger partial charge in [0.05, 0.1) is 30.1 Å². The van der Waals surface area contributed by atoms with E-state index in [1.807, 2.05) is 30.3 Å². The highest BCUT2D eigenvalue weighted by atomic mass is 16.6. The maximum atomic E-state index is 13.7. The van der Waals surface area contributed by atoms with Gasteiger partial charge in [-0.05, 0) is 18.1 Å². The highest BCUT2D eigenvalue weighted by Crippen LogP contribution is 2.42. The summed E-state index contributed by atoms with van der Waals surface area (Å²) in [5, 5.41) is 11.4. The second-order valence-corrected chi connectivity index (χ2v) is 7.60. The van der Waals surface area contributed by atoms with E-state index in [2.05, 4.69) is 0 Å². The quantitative estimate of drug-likeness (QED) is 0.362. The molecule has 0 saturated heterocycles. The topological polar surface area (TPSA) is 127 Å². The molecule has 0 spiro atoms. The van der Waals surface area contributed by atoms with Crippen molar-refractivity contribution in [3.8, 4) is 5.75 Å². The Balaban J connectivity index is 1.97. The number of aromatic nitrogens is 1. The van der Waals surface area contributed by atoms with E-state index in [0.29, 0.717) is 17.8 Å². The van der Waals surface area contributed by atoms with Crippen molar-refractivity contribution in [2.75, 3.05) is 7.11 Å². The first-order chi connectivity index (χ1) is 15.8. The number of nitro benzene ring substituents is 1. The van der Waals surface area contributed by atoms with E-state index in [1.165, 1.54) is 25.3 Å². The zero-order valence-corrected chi connectivity index (χ0v) is 18.0. The van der Waals surface area contributed by atoms with Crippen LogP contribution in [0.25, 0.3) is 0 Å². The van der Waals surface area contributed by atoms with E-state index in [9.17, 15) is 19.7 Å². The van der Waals surface area contributed by atoms with Gasteiger partial charge in [0.25, 0.3) is 11.2 Å². The summed E-state index contributed by atoms with van der Waals surface area (Å²) in [6, 6.07) is 16.8. The Hall–Kier alpha value is -4.40. The second kappa shape index (κ2) is 8.62. The third kappa shape index (κ3) is 3.96. The van der Waals surface area contributed by atoms with Gasteiger partial charge in [-0.3, -0.25) is 14.9 Å². The van der Waals surface area contributed by atoms with Crippen LogP contribution in [0.3, 0.4) is 0 Å². The molecule has 0 aliphatic carbocycles. The molecule has 1 aliphatic heterocycles.